The molecule has 5 heteroatoms. The molecule has 0 saturated heterocycles. The molecule has 0 radical (unpaired) electrons. The van der Waals surface area contributed by atoms with Crippen molar-refractivity contribution >= 4 is 26.8 Å². The number of nitrogens with zero attached hydrogens (tertiary/aromatic N) is 2. The summed E-state index contributed by atoms with van der Waals surface area (Å²) in [6.07, 6.45) is 1.45. The van der Waals surface area contributed by atoms with Gasteiger partial charge in [0.15, 0.2) is 0 Å². The first kappa shape index (κ1) is 8.25. The largest absolute Gasteiger partial charge is 0.425 e. The van der Waals surface area contributed by atoms with Crippen molar-refractivity contribution in [2.45, 2.75) is 0 Å². The highest BCUT2D eigenvalue weighted by Gasteiger charge is 1.97. The molecule has 0 aliphatic carbocycles. The predicted octanol–water partition coefficient (Wildman–Crippen LogP) is 1.52. The molecule has 0 spiro atoms. The lowest BCUT2D eigenvalue weighted by Gasteiger charge is -2.00. The highest BCUT2D eigenvalue weighted by molar-refractivity contribution is 9.10. The van der Waals surface area contributed by atoms with Crippen LogP contribution in [-0.2, 0) is 0 Å². The molecule has 1 aromatic heterocycles. The summed E-state index contributed by atoms with van der Waals surface area (Å²) in [6, 6.07) is 5.46. The van der Waals surface area contributed by atoms with Gasteiger partial charge in [0, 0.05) is 9.86 Å². The van der Waals surface area contributed by atoms with E-state index < -0.39 is 0 Å². The van der Waals surface area contributed by atoms with Crippen LogP contribution < -0.4 is 5.62 Å². The van der Waals surface area contributed by atoms with Gasteiger partial charge in [0.2, 0.25) is 0 Å². The molecule has 4 nitrogen and oxygen atoms in total. The smallest absolute Gasteiger partial charge is 0.255 e. The third-order valence-electron chi connectivity index (χ3n) is 1.69. The first-order chi connectivity index (χ1) is 6.16. The van der Waals surface area contributed by atoms with Gasteiger partial charge in [-0.25, -0.2) is 4.98 Å². The molecule has 0 atom stereocenters. The molecule has 0 aliphatic rings. The monoisotopic (exact) mass is 239 g/mol. The number of fused-ring (bicyclic) bond motifs is 1. The van der Waals surface area contributed by atoms with Crippen LogP contribution in [-0.4, -0.2) is 14.9 Å². The number of rotatable bonds is 0. The van der Waals surface area contributed by atoms with E-state index in [1.54, 1.807) is 6.07 Å². The minimum atomic E-state index is -0.171. The fourth-order valence-corrected chi connectivity index (χ4v) is 1.47. The van der Waals surface area contributed by atoms with Gasteiger partial charge in [-0.15, -0.1) is 0 Å². The van der Waals surface area contributed by atoms with Crippen LogP contribution in [0.2, 0.25) is 0 Å². The van der Waals surface area contributed by atoms with Crippen LogP contribution in [0.25, 0.3) is 10.9 Å². The Morgan fingerprint density at radius 3 is 3.00 bits per heavy atom. The van der Waals surface area contributed by atoms with Crippen molar-refractivity contribution in [1.29, 1.82) is 5.41 Å². The van der Waals surface area contributed by atoms with E-state index in [2.05, 4.69) is 20.9 Å². The van der Waals surface area contributed by atoms with Crippen molar-refractivity contribution < 1.29 is 5.21 Å². The molecule has 0 aliphatic heterocycles. The Morgan fingerprint density at radius 1 is 1.46 bits per heavy atom. The molecule has 13 heavy (non-hydrogen) atoms. The molecule has 1 heterocycles. The second-order valence-corrected chi connectivity index (χ2v) is 3.53. The number of hydrogen-bond acceptors (Lipinski definition) is 3. The zero-order valence-electron chi connectivity index (χ0n) is 6.53. The summed E-state index contributed by atoms with van der Waals surface area (Å²) < 4.78 is 1.61. The molecule has 0 saturated carbocycles. The van der Waals surface area contributed by atoms with Gasteiger partial charge in [-0.2, -0.15) is 4.73 Å². The van der Waals surface area contributed by atoms with E-state index in [0.29, 0.717) is 10.2 Å². The van der Waals surface area contributed by atoms with Crippen LogP contribution in [0.3, 0.4) is 0 Å². The van der Waals surface area contributed by atoms with Crippen LogP contribution in [0.5, 0.6) is 0 Å². The van der Waals surface area contributed by atoms with E-state index >= 15 is 0 Å². The van der Waals surface area contributed by atoms with Crippen molar-refractivity contribution in [2.75, 3.05) is 0 Å². The molecular weight excluding hydrogens is 234 g/mol. The number of benzene rings is 1. The molecule has 2 rings (SSSR count). The Labute approximate surface area is 82.1 Å². The average Bonchev–Trinajstić information content (AvgIpc) is 2.08. The maximum absolute atomic E-state index is 9.16. The highest BCUT2D eigenvalue weighted by atomic mass is 79.9. The van der Waals surface area contributed by atoms with Gasteiger partial charge < -0.3 is 5.21 Å². The van der Waals surface area contributed by atoms with E-state index in [0.717, 1.165) is 9.86 Å². The fourth-order valence-electron chi connectivity index (χ4n) is 1.09. The Hall–Kier alpha value is -1.36. The summed E-state index contributed by atoms with van der Waals surface area (Å²) in [5, 5.41) is 17.2. The Morgan fingerprint density at radius 2 is 2.23 bits per heavy atom. The molecule has 0 bridgehead atoms. The summed E-state index contributed by atoms with van der Waals surface area (Å²) in [4.78, 5) is 3.88. The lowest BCUT2D eigenvalue weighted by molar-refractivity contribution is 0.167. The third kappa shape index (κ3) is 1.42. The van der Waals surface area contributed by atoms with Gasteiger partial charge in [0.05, 0.1) is 11.7 Å². The SMILES string of the molecule is N=c1nc2ccc(Br)cc2cn1O. The van der Waals surface area contributed by atoms with Gasteiger partial charge in [-0.05, 0) is 18.2 Å². The van der Waals surface area contributed by atoms with Crippen molar-refractivity contribution in [3.8, 4) is 0 Å². The summed E-state index contributed by atoms with van der Waals surface area (Å²) >= 11 is 3.31. The zero-order chi connectivity index (χ0) is 9.42. The molecule has 0 unspecified atom stereocenters. The Kier molecular flexibility index (Phi) is 1.81. The van der Waals surface area contributed by atoms with Crippen molar-refractivity contribution in [1.82, 2.24) is 9.71 Å². The molecule has 2 N–H and O–H groups in total. The van der Waals surface area contributed by atoms with E-state index in [9.17, 15) is 0 Å². The standard InChI is InChI=1S/C8H6BrN3O/c9-6-1-2-7-5(3-6)4-12(13)8(10)11-7/h1-4,10,13H. The van der Waals surface area contributed by atoms with Gasteiger partial charge >= 0.3 is 0 Å². The van der Waals surface area contributed by atoms with Gasteiger partial charge in [0.1, 0.15) is 0 Å². The van der Waals surface area contributed by atoms with E-state index in [-0.39, 0.29) is 5.62 Å². The van der Waals surface area contributed by atoms with Gasteiger partial charge in [-0.3, -0.25) is 5.41 Å². The average molecular weight is 240 g/mol. The van der Waals surface area contributed by atoms with Crippen LogP contribution in [0.1, 0.15) is 0 Å². The number of halogens is 1. The van der Waals surface area contributed by atoms with E-state index in [1.165, 1.54) is 6.20 Å². The van der Waals surface area contributed by atoms with Crippen LogP contribution in [0.15, 0.2) is 28.9 Å². The second-order valence-electron chi connectivity index (χ2n) is 2.61. The van der Waals surface area contributed by atoms with Crippen molar-refractivity contribution in [3.63, 3.8) is 0 Å². The molecule has 0 fully saturated rings. The third-order valence-corrected chi connectivity index (χ3v) is 2.19. The van der Waals surface area contributed by atoms with Gasteiger partial charge in [-0.1, -0.05) is 15.9 Å². The summed E-state index contributed by atoms with van der Waals surface area (Å²) in [5.74, 6) is 0. The normalized spacial score (nSPS) is 10.5. The topological polar surface area (TPSA) is 61.9 Å². The molecule has 0 amide bonds. The minimum Gasteiger partial charge on any atom is -0.425 e. The summed E-state index contributed by atoms with van der Waals surface area (Å²) in [6.45, 7) is 0. The second kappa shape index (κ2) is 2.85. The number of aromatic nitrogens is 2. The lowest BCUT2D eigenvalue weighted by atomic mass is 10.2. The quantitative estimate of drug-likeness (QED) is 0.685. The van der Waals surface area contributed by atoms with Gasteiger partial charge in [0.25, 0.3) is 5.62 Å². The molecular formula is C8H6BrN3O. The minimum absolute atomic E-state index is 0.171. The van der Waals surface area contributed by atoms with Crippen molar-refractivity contribution in [3.05, 3.63) is 34.5 Å². The first-order valence-electron chi connectivity index (χ1n) is 3.59. The fraction of sp³-hybridized carbons (Fsp3) is 0. The summed E-state index contributed by atoms with van der Waals surface area (Å²) in [7, 11) is 0. The van der Waals surface area contributed by atoms with Crippen LogP contribution in [0.4, 0.5) is 0 Å². The Balaban J connectivity index is 2.89. The predicted molar refractivity (Wildman–Crippen MR) is 50.5 cm³/mol. The molecule has 66 valence electrons. The first-order valence-corrected chi connectivity index (χ1v) is 4.39. The lowest BCUT2D eigenvalue weighted by Crippen LogP contribution is -2.19. The number of nitrogens with one attached hydrogen (secondary N) is 1. The summed E-state index contributed by atoms with van der Waals surface area (Å²) in [5.41, 5.74) is 0.522. The maximum Gasteiger partial charge on any atom is 0.255 e. The van der Waals surface area contributed by atoms with Crippen LogP contribution in [0, 0.1) is 5.41 Å². The van der Waals surface area contributed by atoms with E-state index in [1.807, 2.05) is 12.1 Å². The molecule has 2 aromatic rings. The van der Waals surface area contributed by atoms with Crippen molar-refractivity contribution in [2.24, 2.45) is 0 Å². The highest BCUT2D eigenvalue weighted by Crippen LogP contribution is 2.15. The number of hydrogen-bond donors (Lipinski definition) is 2. The van der Waals surface area contributed by atoms with E-state index in [4.69, 9.17) is 10.6 Å². The zero-order valence-corrected chi connectivity index (χ0v) is 8.12. The Bertz CT molecular complexity index is 520. The molecule has 1 aromatic carbocycles. The maximum atomic E-state index is 9.16. The van der Waals surface area contributed by atoms with Crippen LogP contribution >= 0.6 is 15.9 Å².